The maximum atomic E-state index is 11.2. The van der Waals surface area contributed by atoms with E-state index in [4.69, 9.17) is 10.2 Å². The molecule has 1 unspecified atom stereocenters. The molecule has 1 aromatic heterocycles. The summed E-state index contributed by atoms with van der Waals surface area (Å²) in [5.41, 5.74) is 5.31. The Kier molecular flexibility index (Phi) is 2.82. The van der Waals surface area contributed by atoms with Crippen LogP contribution in [0.25, 0.3) is 0 Å². The number of oxazole rings is 1. The molecule has 0 aliphatic rings. The maximum Gasteiger partial charge on any atom is 0.307 e. The van der Waals surface area contributed by atoms with E-state index in [9.17, 15) is 4.79 Å². The van der Waals surface area contributed by atoms with Crippen molar-refractivity contribution in [2.24, 2.45) is 5.73 Å². The molecule has 66 valence electrons. The molecule has 0 radical (unpaired) electrons. The van der Waals surface area contributed by atoms with E-state index in [1.165, 1.54) is 12.5 Å². The standard InChI is InChI=1S/C7H11N3O2/c1-5(4-8)10-6(11)7-9-2-3-12-7/h2-3,5H,4,8H2,1H3,(H,10,11). The molecule has 0 aromatic carbocycles. The van der Waals surface area contributed by atoms with E-state index >= 15 is 0 Å². The SMILES string of the molecule is CC(CN)NC(=O)c1ncco1. The van der Waals surface area contributed by atoms with Crippen LogP contribution in [0.3, 0.4) is 0 Å². The molecule has 5 heteroatoms. The minimum atomic E-state index is -0.335. The maximum absolute atomic E-state index is 11.2. The summed E-state index contributed by atoms with van der Waals surface area (Å²) in [6.07, 6.45) is 2.77. The quantitative estimate of drug-likeness (QED) is 0.653. The third kappa shape index (κ3) is 2.06. The number of nitrogens with two attached hydrogens (primary N) is 1. The van der Waals surface area contributed by atoms with Crippen molar-refractivity contribution in [3.8, 4) is 0 Å². The van der Waals surface area contributed by atoms with E-state index in [1.54, 1.807) is 6.92 Å². The molecule has 1 amide bonds. The number of carbonyl (C=O) groups excluding carboxylic acids is 1. The molecule has 1 rings (SSSR count). The highest BCUT2D eigenvalue weighted by atomic mass is 16.3. The minimum absolute atomic E-state index is 0.0651. The normalized spacial score (nSPS) is 12.5. The zero-order valence-electron chi connectivity index (χ0n) is 6.78. The first kappa shape index (κ1) is 8.73. The van der Waals surface area contributed by atoms with Crippen LogP contribution in [-0.4, -0.2) is 23.5 Å². The Balaban J connectivity index is 2.50. The van der Waals surface area contributed by atoms with Crippen LogP contribution >= 0.6 is 0 Å². The molecule has 1 heterocycles. The van der Waals surface area contributed by atoms with Gasteiger partial charge in [-0.2, -0.15) is 0 Å². The van der Waals surface area contributed by atoms with Crippen LogP contribution in [0.5, 0.6) is 0 Å². The zero-order chi connectivity index (χ0) is 8.97. The first-order valence-corrected chi connectivity index (χ1v) is 3.64. The highest BCUT2D eigenvalue weighted by Gasteiger charge is 2.11. The minimum Gasteiger partial charge on any atom is -0.441 e. The Morgan fingerprint density at radius 3 is 3.17 bits per heavy atom. The molecular weight excluding hydrogens is 158 g/mol. The van der Waals surface area contributed by atoms with Crippen molar-refractivity contribution in [3.05, 3.63) is 18.4 Å². The van der Waals surface area contributed by atoms with Gasteiger partial charge >= 0.3 is 5.91 Å². The summed E-state index contributed by atoms with van der Waals surface area (Å²) >= 11 is 0. The van der Waals surface area contributed by atoms with Gasteiger partial charge in [0.05, 0.1) is 6.20 Å². The Morgan fingerprint density at radius 1 is 1.92 bits per heavy atom. The Morgan fingerprint density at radius 2 is 2.67 bits per heavy atom. The monoisotopic (exact) mass is 169 g/mol. The van der Waals surface area contributed by atoms with Crippen molar-refractivity contribution >= 4 is 5.91 Å². The van der Waals surface area contributed by atoms with Gasteiger partial charge in [0, 0.05) is 12.6 Å². The molecule has 0 bridgehead atoms. The van der Waals surface area contributed by atoms with Crippen molar-refractivity contribution in [1.82, 2.24) is 10.3 Å². The van der Waals surface area contributed by atoms with Crippen LogP contribution in [0.4, 0.5) is 0 Å². The second kappa shape index (κ2) is 3.87. The first-order chi connectivity index (χ1) is 5.74. The molecule has 0 saturated heterocycles. The van der Waals surface area contributed by atoms with Crippen LogP contribution in [-0.2, 0) is 0 Å². The molecule has 1 aromatic rings. The van der Waals surface area contributed by atoms with Crippen molar-refractivity contribution in [1.29, 1.82) is 0 Å². The Bertz CT molecular complexity index is 245. The Hall–Kier alpha value is -1.36. The second-order valence-corrected chi connectivity index (χ2v) is 2.45. The number of nitrogens with one attached hydrogen (secondary N) is 1. The average molecular weight is 169 g/mol. The molecule has 5 nitrogen and oxygen atoms in total. The third-order valence-electron chi connectivity index (χ3n) is 1.36. The van der Waals surface area contributed by atoms with Gasteiger partial charge < -0.3 is 15.5 Å². The molecular formula is C7H11N3O2. The van der Waals surface area contributed by atoms with Crippen LogP contribution in [0.15, 0.2) is 16.9 Å². The molecule has 12 heavy (non-hydrogen) atoms. The predicted octanol–water partition coefficient (Wildman–Crippen LogP) is -0.248. The van der Waals surface area contributed by atoms with Crippen molar-refractivity contribution < 1.29 is 9.21 Å². The summed E-state index contributed by atoms with van der Waals surface area (Å²) < 4.78 is 4.78. The summed E-state index contributed by atoms with van der Waals surface area (Å²) in [6.45, 7) is 2.20. The highest BCUT2D eigenvalue weighted by Crippen LogP contribution is 1.94. The molecule has 0 aliphatic heterocycles. The van der Waals surface area contributed by atoms with Gasteiger partial charge in [-0.25, -0.2) is 4.98 Å². The molecule has 0 aliphatic carbocycles. The first-order valence-electron chi connectivity index (χ1n) is 3.64. The van der Waals surface area contributed by atoms with Crippen molar-refractivity contribution in [2.75, 3.05) is 6.54 Å². The number of nitrogens with zero attached hydrogens (tertiary/aromatic N) is 1. The van der Waals surface area contributed by atoms with Gasteiger partial charge in [0.2, 0.25) is 0 Å². The summed E-state index contributed by atoms with van der Waals surface area (Å²) in [5.74, 6) is -0.270. The van der Waals surface area contributed by atoms with Gasteiger partial charge in [-0.1, -0.05) is 0 Å². The van der Waals surface area contributed by atoms with Gasteiger partial charge in [0.15, 0.2) is 0 Å². The smallest absolute Gasteiger partial charge is 0.307 e. The number of hydrogen-bond acceptors (Lipinski definition) is 4. The molecule has 0 spiro atoms. The van der Waals surface area contributed by atoms with E-state index in [0.717, 1.165) is 0 Å². The second-order valence-electron chi connectivity index (χ2n) is 2.45. The summed E-state index contributed by atoms with van der Waals surface area (Å²) in [6, 6.07) is -0.0654. The lowest BCUT2D eigenvalue weighted by Crippen LogP contribution is -2.37. The molecule has 1 atom stereocenters. The number of amides is 1. The Labute approximate surface area is 70.0 Å². The van der Waals surface area contributed by atoms with Crippen molar-refractivity contribution in [2.45, 2.75) is 13.0 Å². The fraction of sp³-hybridized carbons (Fsp3) is 0.429. The molecule has 0 saturated carbocycles. The van der Waals surface area contributed by atoms with Gasteiger partial charge in [-0.05, 0) is 6.92 Å². The lowest BCUT2D eigenvalue weighted by molar-refractivity contribution is 0.0906. The highest BCUT2D eigenvalue weighted by molar-refractivity contribution is 5.89. The molecule has 0 fully saturated rings. The lowest BCUT2D eigenvalue weighted by Gasteiger charge is -2.08. The number of hydrogen-bond donors (Lipinski definition) is 2. The zero-order valence-corrected chi connectivity index (χ0v) is 6.78. The topological polar surface area (TPSA) is 81.1 Å². The fourth-order valence-corrected chi connectivity index (χ4v) is 0.680. The lowest BCUT2D eigenvalue weighted by atomic mass is 10.3. The fourth-order valence-electron chi connectivity index (χ4n) is 0.680. The summed E-state index contributed by atoms with van der Waals surface area (Å²) in [5, 5.41) is 2.61. The average Bonchev–Trinajstić information content (AvgIpc) is 2.56. The van der Waals surface area contributed by atoms with Gasteiger partial charge in [0.1, 0.15) is 6.26 Å². The van der Waals surface area contributed by atoms with Crippen LogP contribution < -0.4 is 11.1 Å². The van der Waals surface area contributed by atoms with E-state index in [2.05, 4.69) is 10.3 Å². The van der Waals surface area contributed by atoms with Crippen LogP contribution in [0.1, 0.15) is 17.6 Å². The molecule has 3 N–H and O–H groups in total. The summed E-state index contributed by atoms with van der Waals surface area (Å²) in [7, 11) is 0. The van der Waals surface area contributed by atoms with E-state index < -0.39 is 0 Å². The van der Waals surface area contributed by atoms with E-state index in [1.807, 2.05) is 0 Å². The number of carbonyl (C=O) groups is 1. The number of aromatic nitrogens is 1. The van der Waals surface area contributed by atoms with E-state index in [0.29, 0.717) is 6.54 Å². The van der Waals surface area contributed by atoms with Crippen LogP contribution in [0, 0.1) is 0 Å². The van der Waals surface area contributed by atoms with E-state index in [-0.39, 0.29) is 17.8 Å². The van der Waals surface area contributed by atoms with Crippen LogP contribution in [0.2, 0.25) is 0 Å². The largest absolute Gasteiger partial charge is 0.441 e. The van der Waals surface area contributed by atoms with Gasteiger partial charge in [-0.15, -0.1) is 0 Å². The summed E-state index contributed by atoms with van der Waals surface area (Å²) in [4.78, 5) is 14.8. The third-order valence-corrected chi connectivity index (χ3v) is 1.36. The van der Waals surface area contributed by atoms with Crippen molar-refractivity contribution in [3.63, 3.8) is 0 Å². The van der Waals surface area contributed by atoms with Gasteiger partial charge in [0.25, 0.3) is 5.89 Å². The van der Waals surface area contributed by atoms with Gasteiger partial charge in [-0.3, -0.25) is 4.79 Å². The number of rotatable bonds is 3. The predicted molar refractivity (Wildman–Crippen MR) is 42.5 cm³/mol.